The Balaban J connectivity index is 2.28. The van der Waals surface area contributed by atoms with E-state index in [1.165, 1.54) is 6.92 Å². The van der Waals surface area contributed by atoms with Gasteiger partial charge in [0.25, 0.3) is 0 Å². The zero-order valence-electron chi connectivity index (χ0n) is 7.17. The normalized spacial score (nSPS) is 26.5. The molecule has 11 heavy (non-hydrogen) atoms. The largest absolute Gasteiger partial charge is 0.461 e. The van der Waals surface area contributed by atoms with E-state index in [1.807, 2.05) is 0 Å². The van der Waals surface area contributed by atoms with Gasteiger partial charge in [-0.25, -0.2) is 0 Å². The number of esters is 1. The van der Waals surface area contributed by atoms with Crippen LogP contribution >= 0.6 is 0 Å². The number of likely N-dealkylation sites (tertiary alicyclic amines) is 1. The summed E-state index contributed by atoms with van der Waals surface area (Å²) < 4.78 is 5.08. The van der Waals surface area contributed by atoms with Crippen LogP contribution in [-0.2, 0) is 9.53 Å². The first kappa shape index (κ1) is 8.53. The molecule has 0 aromatic heterocycles. The first-order valence-corrected chi connectivity index (χ1v) is 4.04. The topological polar surface area (TPSA) is 29.5 Å². The van der Waals surface area contributed by atoms with Gasteiger partial charge in [0.2, 0.25) is 0 Å². The fourth-order valence-corrected chi connectivity index (χ4v) is 1.45. The third-order valence-electron chi connectivity index (χ3n) is 1.91. The predicted molar refractivity (Wildman–Crippen MR) is 42.3 cm³/mol. The van der Waals surface area contributed by atoms with Crippen molar-refractivity contribution in [1.82, 2.24) is 4.90 Å². The maximum Gasteiger partial charge on any atom is 0.302 e. The highest BCUT2D eigenvalue weighted by molar-refractivity contribution is 5.66. The number of hydrogen-bond acceptors (Lipinski definition) is 3. The number of hydrogen-bond donors (Lipinski definition) is 0. The maximum absolute atomic E-state index is 10.6. The van der Waals surface area contributed by atoms with Crippen LogP contribution in [0.25, 0.3) is 0 Å². The lowest BCUT2D eigenvalue weighted by Gasteiger charge is -2.28. The SMILES string of the molecule is CC(=O)OC1CCCN(C)C1. The first-order valence-electron chi connectivity index (χ1n) is 4.04. The number of likely N-dealkylation sites (N-methyl/N-ethyl adjacent to an activating group) is 1. The van der Waals surface area contributed by atoms with Crippen LogP contribution in [0.5, 0.6) is 0 Å². The van der Waals surface area contributed by atoms with Gasteiger partial charge >= 0.3 is 5.97 Å². The minimum absolute atomic E-state index is 0.131. The van der Waals surface area contributed by atoms with Gasteiger partial charge < -0.3 is 9.64 Å². The maximum atomic E-state index is 10.6. The van der Waals surface area contributed by atoms with Crippen molar-refractivity contribution in [1.29, 1.82) is 0 Å². The van der Waals surface area contributed by atoms with Crippen LogP contribution in [0.4, 0.5) is 0 Å². The van der Waals surface area contributed by atoms with Gasteiger partial charge in [-0.1, -0.05) is 0 Å². The summed E-state index contributed by atoms with van der Waals surface area (Å²) in [6.07, 6.45) is 2.28. The van der Waals surface area contributed by atoms with E-state index in [2.05, 4.69) is 11.9 Å². The molecule has 0 N–H and O–H groups in total. The van der Waals surface area contributed by atoms with Crippen molar-refractivity contribution in [3.05, 3.63) is 0 Å². The molecule has 1 aliphatic heterocycles. The average Bonchev–Trinajstić information content (AvgIpc) is 1.85. The molecule has 1 rings (SSSR count). The molecule has 3 nitrogen and oxygen atoms in total. The van der Waals surface area contributed by atoms with Crippen LogP contribution in [-0.4, -0.2) is 37.1 Å². The zero-order valence-corrected chi connectivity index (χ0v) is 7.17. The van der Waals surface area contributed by atoms with Gasteiger partial charge in [-0.05, 0) is 26.4 Å². The lowest BCUT2D eigenvalue weighted by Crippen LogP contribution is -2.37. The molecule has 0 bridgehead atoms. The van der Waals surface area contributed by atoms with Gasteiger partial charge in [0.05, 0.1) is 0 Å². The lowest BCUT2D eigenvalue weighted by molar-refractivity contribution is -0.148. The molecule has 64 valence electrons. The van der Waals surface area contributed by atoms with E-state index in [0.717, 1.165) is 25.9 Å². The van der Waals surface area contributed by atoms with Gasteiger partial charge in [-0.2, -0.15) is 0 Å². The summed E-state index contributed by atoms with van der Waals surface area (Å²) in [6.45, 7) is 3.48. The van der Waals surface area contributed by atoms with Crippen LogP contribution in [0.15, 0.2) is 0 Å². The van der Waals surface area contributed by atoms with E-state index in [4.69, 9.17) is 4.74 Å². The van der Waals surface area contributed by atoms with E-state index in [9.17, 15) is 4.79 Å². The minimum atomic E-state index is -0.162. The van der Waals surface area contributed by atoms with Crippen LogP contribution in [0, 0.1) is 0 Å². The molecule has 0 aliphatic carbocycles. The van der Waals surface area contributed by atoms with Crippen LogP contribution in [0.1, 0.15) is 19.8 Å². The second kappa shape index (κ2) is 3.72. The van der Waals surface area contributed by atoms with Crippen LogP contribution in [0.3, 0.4) is 0 Å². The summed E-state index contributed by atoms with van der Waals surface area (Å²) in [5, 5.41) is 0. The molecule has 0 radical (unpaired) electrons. The Bertz CT molecular complexity index is 147. The van der Waals surface area contributed by atoms with Crippen molar-refractivity contribution >= 4 is 5.97 Å². The van der Waals surface area contributed by atoms with Crippen LogP contribution in [0.2, 0.25) is 0 Å². The lowest BCUT2D eigenvalue weighted by atomic mass is 10.1. The number of ether oxygens (including phenoxy) is 1. The molecule has 0 aromatic rings. The molecular formula is C8H15NO2. The standard InChI is InChI=1S/C8H15NO2/c1-7(10)11-8-4-3-5-9(2)6-8/h8H,3-6H2,1-2H3. The Labute approximate surface area is 67.3 Å². The molecule has 1 atom stereocenters. The van der Waals surface area contributed by atoms with Crippen molar-refractivity contribution in [2.24, 2.45) is 0 Å². The fourth-order valence-electron chi connectivity index (χ4n) is 1.45. The number of nitrogens with zero attached hydrogens (tertiary/aromatic N) is 1. The molecule has 3 heteroatoms. The molecule has 0 spiro atoms. The zero-order chi connectivity index (χ0) is 8.27. The third-order valence-corrected chi connectivity index (χ3v) is 1.91. The summed E-state index contributed by atoms with van der Waals surface area (Å²) in [6, 6.07) is 0. The van der Waals surface area contributed by atoms with Gasteiger partial charge in [0, 0.05) is 13.5 Å². The molecule has 1 saturated heterocycles. The summed E-state index contributed by atoms with van der Waals surface area (Å²) in [4.78, 5) is 12.8. The smallest absolute Gasteiger partial charge is 0.302 e. The highest BCUT2D eigenvalue weighted by atomic mass is 16.5. The number of piperidine rings is 1. The summed E-state index contributed by atoms with van der Waals surface area (Å²) in [5.74, 6) is -0.162. The van der Waals surface area contributed by atoms with Gasteiger partial charge in [0.1, 0.15) is 6.10 Å². The van der Waals surface area contributed by atoms with Crippen molar-refractivity contribution in [3.63, 3.8) is 0 Å². The summed E-state index contributed by atoms with van der Waals surface area (Å²) >= 11 is 0. The average molecular weight is 157 g/mol. The Hall–Kier alpha value is -0.570. The van der Waals surface area contributed by atoms with Crippen LogP contribution < -0.4 is 0 Å². The van der Waals surface area contributed by atoms with E-state index >= 15 is 0 Å². The molecule has 0 amide bonds. The van der Waals surface area contributed by atoms with Crippen molar-refractivity contribution < 1.29 is 9.53 Å². The van der Waals surface area contributed by atoms with E-state index in [-0.39, 0.29) is 12.1 Å². The predicted octanol–water partition coefficient (Wildman–Crippen LogP) is 0.644. The molecule has 1 aliphatic rings. The fraction of sp³-hybridized carbons (Fsp3) is 0.875. The highest BCUT2D eigenvalue weighted by Crippen LogP contribution is 2.11. The number of rotatable bonds is 1. The summed E-state index contributed by atoms with van der Waals surface area (Å²) in [7, 11) is 2.05. The Morgan fingerprint density at radius 1 is 1.64 bits per heavy atom. The minimum Gasteiger partial charge on any atom is -0.461 e. The number of carbonyl (C=O) groups excluding carboxylic acids is 1. The van der Waals surface area contributed by atoms with Gasteiger partial charge in [0.15, 0.2) is 0 Å². The number of carbonyl (C=O) groups is 1. The quantitative estimate of drug-likeness (QED) is 0.523. The van der Waals surface area contributed by atoms with E-state index in [1.54, 1.807) is 0 Å². The second-order valence-corrected chi connectivity index (χ2v) is 3.14. The monoisotopic (exact) mass is 157 g/mol. The van der Waals surface area contributed by atoms with E-state index < -0.39 is 0 Å². The van der Waals surface area contributed by atoms with Crippen molar-refractivity contribution in [2.45, 2.75) is 25.9 Å². The van der Waals surface area contributed by atoms with Gasteiger partial charge in [-0.15, -0.1) is 0 Å². The molecule has 1 unspecified atom stereocenters. The Kier molecular flexibility index (Phi) is 2.88. The molecule has 0 aromatic carbocycles. The molecule has 1 fully saturated rings. The van der Waals surface area contributed by atoms with Crippen molar-refractivity contribution in [2.75, 3.05) is 20.1 Å². The highest BCUT2D eigenvalue weighted by Gasteiger charge is 2.18. The van der Waals surface area contributed by atoms with Crippen molar-refractivity contribution in [3.8, 4) is 0 Å². The molecule has 1 heterocycles. The van der Waals surface area contributed by atoms with Gasteiger partial charge in [-0.3, -0.25) is 4.79 Å². The summed E-state index contributed by atoms with van der Waals surface area (Å²) in [5.41, 5.74) is 0. The third kappa shape index (κ3) is 2.89. The molecular weight excluding hydrogens is 142 g/mol. The Morgan fingerprint density at radius 3 is 2.91 bits per heavy atom. The first-order chi connectivity index (χ1) is 5.18. The Morgan fingerprint density at radius 2 is 2.36 bits per heavy atom. The second-order valence-electron chi connectivity index (χ2n) is 3.14. The molecule has 0 saturated carbocycles. The van der Waals surface area contributed by atoms with E-state index in [0.29, 0.717) is 0 Å².